The van der Waals surface area contributed by atoms with E-state index in [4.69, 9.17) is 21.6 Å². The number of phenolic OH excluding ortho intramolecular Hbond substituents is 1. The molecule has 0 radical (unpaired) electrons. The molecule has 0 spiro atoms. The van der Waals surface area contributed by atoms with Crippen molar-refractivity contribution in [3.05, 3.63) is 53.3 Å². The second-order valence-corrected chi connectivity index (χ2v) is 8.22. The molecule has 3 aromatic rings. The van der Waals surface area contributed by atoms with Crippen LogP contribution in [0.25, 0.3) is 11.4 Å². The first-order chi connectivity index (χ1) is 14.5. The maximum atomic E-state index is 9.45. The third-order valence-corrected chi connectivity index (χ3v) is 5.03. The van der Waals surface area contributed by atoms with Crippen LogP contribution in [0.15, 0.2) is 42.7 Å². The zero-order valence-corrected chi connectivity index (χ0v) is 17.8. The average Bonchev–Trinajstić information content (AvgIpc) is 3.12. The van der Waals surface area contributed by atoms with E-state index in [9.17, 15) is 5.11 Å². The maximum Gasteiger partial charge on any atom is 0.165 e. The normalized spacial score (nSPS) is 12.7. The predicted octanol–water partition coefficient (Wildman–Crippen LogP) is 4.40. The molecule has 0 aliphatic carbocycles. The van der Waals surface area contributed by atoms with Crippen molar-refractivity contribution in [3.8, 4) is 17.1 Å². The molecule has 30 heavy (non-hydrogen) atoms. The van der Waals surface area contributed by atoms with E-state index in [1.807, 2.05) is 18.2 Å². The summed E-state index contributed by atoms with van der Waals surface area (Å²) in [6.45, 7) is 6.69. The molecule has 1 aliphatic rings. The Hall–Kier alpha value is -3.06. The number of anilines is 3. The van der Waals surface area contributed by atoms with Gasteiger partial charge in [0.1, 0.15) is 11.4 Å². The highest BCUT2D eigenvalue weighted by atomic mass is 35.5. The van der Waals surface area contributed by atoms with Gasteiger partial charge in [0, 0.05) is 31.0 Å². The molecule has 0 bridgehead atoms. The lowest BCUT2D eigenvalue weighted by Crippen LogP contribution is -2.27. The van der Waals surface area contributed by atoms with E-state index in [1.165, 1.54) is 0 Å². The van der Waals surface area contributed by atoms with Crippen molar-refractivity contribution in [1.82, 2.24) is 15.0 Å². The molecule has 7 nitrogen and oxygen atoms in total. The quantitative estimate of drug-likeness (QED) is 0.518. The molecular formula is C22H25ClN6O. The minimum absolute atomic E-state index is 0.273. The van der Waals surface area contributed by atoms with Gasteiger partial charge in [0.2, 0.25) is 0 Å². The van der Waals surface area contributed by atoms with E-state index in [-0.39, 0.29) is 5.75 Å². The van der Waals surface area contributed by atoms with Crippen molar-refractivity contribution < 1.29 is 5.11 Å². The third kappa shape index (κ3) is 4.57. The van der Waals surface area contributed by atoms with Crippen LogP contribution in [0, 0.1) is 5.92 Å². The number of nitrogens with zero attached hydrogens (tertiary/aromatic N) is 4. The van der Waals surface area contributed by atoms with Crippen LogP contribution in [0.5, 0.6) is 5.75 Å². The van der Waals surface area contributed by atoms with Crippen molar-refractivity contribution in [2.24, 2.45) is 5.92 Å². The van der Waals surface area contributed by atoms with Crippen molar-refractivity contribution in [2.45, 2.75) is 20.3 Å². The van der Waals surface area contributed by atoms with Crippen LogP contribution >= 0.6 is 11.6 Å². The van der Waals surface area contributed by atoms with Gasteiger partial charge in [0.15, 0.2) is 17.5 Å². The monoisotopic (exact) mass is 424 g/mol. The van der Waals surface area contributed by atoms with Crippen LogP contribution in [0.1, 0.15) is 19.4 Å². The smallest absolute Gasteiger partial charge is 0.165 e. The molecule has 3 heterocycles. The molecule has 3 N–H and O–H groups in total. The van der Waals surface area contributed by atoms with Gasteiger partial charge in [-0.2, -0.15) is 0 Å². The van der Waals surface area contributed by atoms with E-state index in [0.29, 0.717) is 30.0 Å². The van der Waals surface area contributed by atoms with Crippen LogP contribution in [0.3, 0.4) is 0 Å². The summed E-state index contributed by atoms with van der Waals surface area (Å²) in [6, 6.07) is 9.08. The number of hydrogen-bond acceptors (Lipinski definition) is 7. The van der Waals surface area contributed by atoms with E-state index in [0.717, 1.165) is 41.4 Å². The lowest BCUT2D eigenvalue weighted by atomic mass is 10.1. The van der Waals surface area contributed by atoms with Gasteiger partial charge in [-0.3, -0.25) is 4.98 Å². The number of nitrogens with one attached hydrogen (secondary N) is 2. The van der Waals surface area contributed by atoms with E-state index >= 15 is 0 Å². The Labute approximate surface area is 181 Å². The Bertz CT molecular complexity index is 1020. The summed E-state index contributed by atoms with van der Waals surface area (Å²) in [6.07, 6.45) is 4.13. The number of aromatic nitrogens is 3. The number of pyridine rings is 1. The number of hydrogen-bond donors (Lipinski definition) is 3. The first kappa shape index (κ1) is 20.2. The molecule has 0 unspecified atom stereocenters. The molecule has 0 atom stereocenters. The molecule has 2 aromatic heterocycles. The minimum Gasteiger partial charge on any atom is -0.508 e. The highest BCUT2D eigenvalue weighted by Gasteiger charge is 2.26. The van der Waals surface area contributed by atoms with Gasteiger partial charge in [-0.1, -0.05) is 37.6 Å². The second kappa shape index (κ2) is 8.75. The predicted molar refractivity (Wildman–Crippen MR) is 121 cm³/mol. The van der Waals surface area contributed by atoms with E-state index in [1.54, 1.807) is 24.5 Å². The van der Waals surface area contributed by atoms with Crippen molar-refractivity contribution in [1.29, 1.82) is 0 Å². The second-order valence-electron chi connectivity index (χ2n) is 7.78. The van der Waals surface area contributed by atoms with Crippen LogP contribution in [-0.2, 0) is 6.42 Å². The third-order valence-electron chi connectivity index (χ3n) is 4.83. The van der Waals surface area contributed by atoms with Gasteiger partial charge in [0.25, 0.3) is 0 Å². The number of rotatable bonds is 7. The molecule has 8 heteroatoms. The van der Waals surface area contributed by atoms with Gasteiger partial charge in [0.05, 0.1) is 11.7 Å². The SMILES string of the molecule is CC(C)CN1CNc2c(NCCc3ccc(O)cc3)nc(-c3cncc(Cl)c3)nc21. The van der Waals surface area contributed by atoms with Gasteiger partial charge >= 0.3 is 0 Å². The Kier molecular flexibility index (Phi) is 5.90. The molecule has 0 fully saturated rings. The average molecular weight is 425 g/mol. The first-order valence-corrected chi connectivity index (χ1v) is 10.4. The fraction of sp³-hybridized carbons (Fsp3) is 0.318. The first-order valence-electron chi connectivity index (χ1n) is 10.0. The highest BCUT2D eigenvalue weighted by molar-refractivity contribution is 6.30. The fourth-order valence-electron chi connectivity index (χ4n) is 3.46. The minimum atomic E-state index is 0.273. The summed E-state index contributed by atoms with van der Waals surface area (Å²) in [5.74, 6) is 3.03. The molecule has 1 aliphatic heterocycles. The van der Waals surface area contributed by atoms with E-state index < -0.39 is 0 Å². The molecule has 0 amide bonds. The Balaban J connectivity index is 1.62. The molecule has 156 valence electrons. The molecule has 1 aromatic carbocycles. The lowest BCUT2D eigenvalue weighted by Gasteiger charge is -2.20. The standard InChI is InChI=1S/C22H25ClN6O/c1-14(2)12-29-13-26-19-21(25-8-7-15-3-5-18(30)6-4-15)27-20(28-22(19)29)16-9-17(23)11-24-10-16/h3-6,9-11,14,26,30H,7-8,12-13H2,1-2H3,(H,25,27,28). The number of phenols is 1. The van der Waals surface area contributed by atoms with Gasteiger partial charge in [-0.05, 0) is 36.1 Å². The van der Waals surface area contributed by atoms with E-state index in [2.05, 4.69) is 34.4 Å². The Morgan fingerprint density at radius 3 is 2.73 bits per heavy atom. The molecule has 0 saturated heterocycles. The summed E-state index contributed by atoms with van der Waals surface area (Å²) in [7, 11) is 0. The Morgan fingerprint density at radius 2 is 2.00 bits per heavy atom. The van der Waals surface area contributed by atoms with Crippen molar-refractivity contribution in [2.75, 3.05) is 35.3 Å². The van der Waals surface area contributed by atoms with Crippen molar-refractivity contribution >= 4 is 28.9 Å². The van der Waals surface area contributed by atoms with Gasteiger partial charge in [-0.15, -0.1) is 0 Å². The van der Waals surface area contributed by atoms with Crippen LogP contribution in [0.4, 0.5) is 17.3 Å². The summed E-state index contributed by atoms with van der Waals surface area (Å²) in [4.78, 5) is 16.0. The van der Waals surface area contributed by atoms with Crippen LogP contribution in [0.2, 0.25) is 5.02 Å². The zero-order valence-electron chi connectivity index (χ0n) is 17.1. The highest BCUT2D eigenvalue weighted by Crippen LogP contribution is 2.37. The molecule has 0 saturated carbocycles. The molecular weight excluding hydrogens is 400 g/mol. The van der Waals surface area contributed by atoms with Crippen LogP contribution < -0.4 is 15.5 Å². The summed E-state index contributed by atoms with van der Waals surface area (Å²) in [5.41, 5.74) is 2.84. The largest absolute Gasteiger partial charge is 0.508 e. The fourth-order valence-corrected chi connectivity index (χ4v) is 3.63. The maximum absolute atomic E-state index is 9.45. The zero-order chi connectivity index (χ0) is 21.1. The van der Waals surface area contributed by atoms with Crippen molar-refractivity contribution in [3.63, 3.8) is 0 Å². The summed E-state index contributed by atoms with van der Waals surface area (Å²) < 4.78 is 0. The summed E-state index contributed by atoms with van der Waals surface area (Å²) >= 11 is 6.14. The number of halogens is 1. The summed E-state index contributed by atoms with van der Waals surface area (Å²) in [5, 5.41) is 16.9. The molecule has 4 rings (SSSR count). The number of fused-ring (bicyclic) bond motifs is 1. The number of aromatic hydroxyl groups is 1. The number of benzene rings is 1. The van der Waals surface area contributed by atoms with Gasteiger partial charge < -0.3 is 20.6 Å². The lowest BCUT2D eigenvalue weighted by molar-refractivity contribution is 0.475. The topological polar surface area (TPSA) is 86.2 Å². The Morgan fingerprint density at radius 1 is 1.20 bits per heavy atom. The van der Waals surface area contributed by atoms with Crippen LogP contribution in [-0.4, -0.2) is 39.8 Å². The van der Waals surface area contributed by atoms with Gasteiger partial charge in [-0.25, -0.2) is 9.97 Å².